The summed E-state index contributed by atoms with van der Waals surface area (Å²) < 4.78 is 70.1. The Morgan fingerprint density at radius 1 is 0.724 bits per heavy atom. The number of nitrogens with zero attached hydrogens (tertiary/aromatic N) is 1. The summed E-state index contributed by atoms with van der Waals surface area (Å²) in [6.07, 6.45) is -5.00. The van der Waals surface area contributed by atoms with Crippen LogP contribution in [0.4, 0.5) is 13.2 Å². The number of para-hydroxylation sites is 1. The van der Waals surface area contributed by atoms with Crippen LogP contribution in [-0.4, -0.2) is 19.1 Å². The first-order valence-electron chi connectivity index (χ1n) is 8.68. The van der Waals surface area contributed by atoms with Crippen LogP contribution in [-0.2, 0) is 23.1 Å². The second kappa shape index (κ2) is 8.67. The summed E-state index contributed by atoms with van der Waals surface area (Å²) in [7, 11) is -4.29. The summed E-state index contributed by atoms with van der Waals surface area (Å²) in [5, 5.41) is 0. The van der Waals surface area contributed by atoms with Gasteiger partial charge in [-0.25, -0.2) is 8.42 Å². The van der Waals surface area contributed by atoms with E-state index in [1.165, 1.54) is 12.1 Å². The molecule has 0 N–H and O–H groups in total. The lowest BCUT2D eigenvalue weighted by molar-refractivity contribution is -0.275. The average molecular weight is 421 g/mol. The first kappa shape index (κ1) is 20.9. The fourth-order valence-electron chi connectivity index (χ4n) is 2.81. The average Bonchev–Trinajstić information content (AvgIpc) is 2.68. The molecular formula is C21H18F3NO3S. The van der Waals surface area contributed by atoms with Gasteiger partial charge < -0.3 is 4.74 Å². The number of rotatable bonds is 7. The van der Waals surface area contributed by atoms with E-state index in [9.17, 15) is 21.6 Å². The second-order valence-corrected chi connectivity index (χ2v) is 8.15. The van der Waals surface area contributed by atoms with Gasteiger partial charge >= 0.3 is 6.36 Å². The van der Waals surface area contributed by atoms with Crippen molar-refractivity contribution in [2.45, 2.75) is 24.3 Å². The van der Waals surface area contributed by atoms with Crippen LogP contribution in [0, 0.1) is 0 Å². The number of alkyl halides is 3. The molecule has 152 valence electrons. The van der Waals surface area contributed by atoms with E-state index >= 15 is 0 Å². The Kier molecular flexibility index (Phi) is 6.24. The van der Waals surface area contributed by atoms with E-state index < -0.39 is 27.0 Å². The van der Waals surface area contributed by atoms with Crippen LogP contribution in [0.5, 0.6) is 5.75 Å². The van der Waals surface area contributed by atoms with Crippen molar-refractivity contribution < 1.29 is 26.3 Å². The highest BCUT2D eigenvalue weighted by Gasteiger charge is 2.35. The Morgan fingerprint density at radius 2 is 1.17 bits per heavy atom. The molecule has 0 atom stereocenters. The van der Waals surface area contributed by atoms with E-state index in [4.69, 9.17) is 0 Å². The lowest BCUT2D eigenvalue weighted by Gasteiger charge is -2.24. The van der Waals surface area contributed by atoms with E-state index in [1.807, 2.05) is 0 Å². The van der Waals surface area contributed by atoms with Crippen LogP contribution >= 0.6 is 0 Å². The second-order valence-electron chi connectivity index (χ2n) is 6.24. The molecule has 3 aromatic rings. The summed E-state index contributed by atoms with van der Waals surface area (Å²) >= 11 is 0. The SMILES string of the molecule is O=S(=O)(c1ccccc1OC(F)(F)F)N(Cc1ccccc1)Cc1ccccc1. The molecule has 0 fully saturated rings. The van der Waals surface area contributed by atoms with Crippen LogP contribution in [0.2, 0.25) is 0 Å². The molecular weight excluding hydrogens is 403 g/mol. The maximum atomic E-state index is 13.3. The largest absolute Gasteiger partial charge is 0.573 e. The number of hydrogen-bond acceptors (Lipinski definition) is 3. The molecule has 0 bridgehead atoms. The summed E-state index contributed by atoms with van der Waals surface area (Å²) in [5.41, 5.74) is 1.42. The molecule has 0 heterocycles. The van der Waals surface area contributed by atoms with Crippen LogP contribution in [0.3, 0.4) is 0 Å². The normalized spacial score (nSPS) is 12.1. The number of ether oxygens (including phenoxy) is 1. The molecule has 29 heavy (non-hydrogen) atoms. The maximum absolute atomic E-state index is 13.3. The van der Waals surface area contributed by atoms with Crippen molar-refractivity contribution in [2.75, 3.05) is 0 Å². The molecule has 0 saturated heterocycles. The van der Waals surface area contributed by atoms with Crippen molar-refractivity contribution in [3.63, 3.8) is 0 Å². The van der Waals surface area contributed by atoms with Gasteiger partial charge in [0.1, 0.15) is 10.6 Å². The molecule has 0 aliphatic carbocycles. The highest BCUT2D eigenvalue weighted by Crippen LogP contribution is 2.32. The van der Waals surface area contributed by atoms with Crippen LogP contribution < -0.4 is 4.74 Å². The van der Waals surface area contributed by atoms with Gasteiger partial charge in [0.25, 0.3) is 0 Å². The van der Waals surface area contributed by atoms with Crippen molar-refractivity contribution in [3.05, 3.63) is 96.1 Å². The first-order valence-corrected chi connectivity index (χ1v) is 10.1. The highest BCUT2D eigenvalue weighted by molar-refractivity contribution is 7.89. The molecule has 0 aliphatic rings. The molecule has 0 saturated carbocycles. The zero-order valence-electron chi connectivity index (χ0n) is 15.2. The number of benzene rings is 3. The van der Waals surface area contributed by atoms with Gasteiger partial charge in [-0.05, 0) is 23.3 Å². The summed E-state index contributed by atoms with van der Waals surface area (Å²) in [5.74, 6) is -0.758. The lowest BCUT2D eigenvalue weighted by Crippen LogP contribution is -2.31. The van der Waals surface area contributed by atoms with Crippen LogP contribution in [0.15, 0.2) is 89.8 Å². The molecule has 8 heteroatoms. The maximum Gasteiger partial charge on any atom is 0.573 e. The Hall–Kier alpha value is -2.84. The van der Waals surface area contributed by atoms with Crippen molar-refractivity contribution in [3.8, 4) is 5.75 Å². The summed E-state index contributed by atoms with van der Waals surface area (Å²) in [6, 6.07) is 22.4. The van der Waals surface area contributed by atoms with E-state index in [0.29, 0.717) is 11.1 Å². The smallest absolute Gasteiger partial charge is 0.404 e. The molecule has 3 aromatic carbocycles. The van der Waals surface area contributed by atoms with Gasteiger partial charge in [-0.3, -0.25) is 0 Å². The van der Waals surface area contributed by atoms with Gasteiger partial charge in [-0.2, -0.15) is 4.31 Å². The zero-order valence-corrected chi connectivity index (χ0v) is 16.0. The predicted octanol–water partition coefficient (Wildman–Crippen LogP) is 4.98. The number of sulfonamides is 1. The van der Waals surface area contributed by atoms with E-state index in [1.54, 1.807) is 60.7 Å². The van der Waals surface area contributed by atoms with Crippen molar-refractivity contribution >= 4 is 10.0 Å². The van der Waals surface area contributed by atoms with E-state index in [0.717, 1.165) is 16.4 Å². The van der Waals surface area contributed by atoms with Crippen molar-refractivity contribution in [1.29, 1.82) is 0 Å². The standard InChI is InChI=1S/C21H18F3NO3S/c22-21(23,24)28-19-13-7-8-14-20(19)29(26,27)25(15-17-9-3-1-4-10-17)16-18-11-5-2-6-12-18/h1-14H,15-16H2. The molecule has 0 spiro atoms. The molecule has 0 amide bonds. The van der Waals surface area contributed by atoms with Gasteiger partial charge in [0.2, 0.25) is 10.0 Å². The first-order chi connectivity index (χ1) is 13.8. The zero-order chi connectivity index (χ0) is 20.9. The molecule has 4 nitrogen and oxygen atoms in total. The lowest BCUT2D eigenvalue weighted by atomic mass is 10.2. The van der Waals surface area contributed by atoms with Gasteiger partial charge in [0, 0.05) is 13.1 Å². The van der Waals surface area contributed by atoms with Crippen LogP contribution in [0.25, 0.3) is 0 Å². The van der Waals surface area contributed by atoms with Gasteiger partial charge in [-0.1, -0.05) is 72.8 Å². The van der Waals surface area contributed by atoms with Gasteiger partial charge in [0.15, 0.2) is 0 Å². The minimum absolute atomic E-state index is 0.00157. The Balaban J connectivity index is 2.02. The van der Waals surface area contributed by atoms with Gasteiger partial charge in [-0.15, -0.1) is 13.2 Å². The topological polar surface area (TPSA) is 46.6 Å². The third-order valence-corrected chi connectivity index (χ3v) is 5.93. The third kappa shape index (κ3) is 5.58. The van der Waals surface area contributed by atoms with Crippen LogP contribution in [0.1, 0.15) is 11.1 Å². The quantitative estimate of drug-likeness (QED) is 0.541. The molecule has 0 unspecified atom stereocenters. The third-order valence-electron chi connectivity index (χ3n) is 4.10. The predicted molar refractivity (Wildman–Crippen MR) is 102 cm³/mol. The summed E-state index contributed by atoms with van der Waals surface area (Å²) in [4.78, 5) is -0.538. The van der Waals surface area contributed by atoms with E-state index in [2.05, 4.69) is 4.74 Å². The minimum Gasteiger partial charge on any atom is -0.404 e. The highest BCUT2D eigenvalue weighted by atomic mass is 32.2. The fourth-order valence-corrected chi connectivity index (χ4v) is 4.34. The molecule has 0 aliphatic heterocycles. The van der Waals surface area contributed by atoms with E-state index in [-0.39, 0.29) is 13.1 Å². The Labute approximate surface area is 167 Å². The molecule has 3 rings (SSSR count). The Bertz CT molecular complexity index is 998. The monoisotopic (exact) mass is 421 g/mol. The number of halogens is 3. The summed E-state index contributed by atoms with van der Waals surface area (Å²) in [6.45, 7) is -0.00314. The fraction of sp³-hybridized carbons (Fsp3) is 0.143. The Morgan fingerprint density at radius 3 is 1.66 bits per heavy atom. The molecule has 0 radical (unpaired) electrons. The minimum atomic E-state index is -5.00. The number of hydrogen-bond donors (Lipinski definition) is 0. The van der Waals surface area contributed by atoms with Crippen molar-refractivity contribution in [2.24, 2.45) is 0 Å². The van der Waals surface area contributed by atoms with Gasteiger partial charge in [0.05, 0.1) is 0 Å². The molecule has 0 aromatic heterocycles. The van der Waals surface area contributed by atoms with Crippen molar-refractivity contribution in [1.82, 2.24) is 4.31 Å².